The molecule has 1 atom stereocenters. The van der Waals surface area contributed by atoms with Gasteiger partial charge in [-0.15, -0.1) is 0 Å². The van der Waals surface area contributed by atoms with Crippen LogP contribution in [0.15, 0.2) is 29.3 Å². The van der Waals surface area contributed by atoms with Crippen LogP contribution in [0, 0.1) is 6.92 Å². The predicted octanol–water partition coefficient (Wildman–Crippen LogP) is 2.83. The Labute approximate surface area is 117 Å². The number of rotatable bonds is 4. The summed E-state index contributed by atoms with van der Waals surface area (Å²) in [4.78, 5) is 15.9. The molecule has 0 saturated heterocycles. The number of benzene rings is 1. The summed E-state index contributed by atoms with van der Waals surface area (Å²) < 4.78 is 4.93. The molecule has 102 valence electrons. The number of hydrogen-bond donors (Lipinski definition) is 1. The highest BCUT2D eigenvalue weighted by atomic mass is 32.2. The first-order valence-electron chi connectivity index (χ1n) is 6.37. The molecule has 0 fully saturated rings. The summed E-state index contributed by atoms with van der Waals surface area (Å²) in [5.74, 6) is 0.654. The van der Waals surface area contributed by atoms with Gasteiger partial charge in [-0.2, -0.15) is 0 Å². The maximum Gasteiger partial charge on any atom is 0.307 e. The van der Waals surface area contributed by atoms with Crippen molar-refractivity contribution in [1.82, 2.24) is 0 Å². The van der Waals surface area contributed by atoms with Crippen LogP contribution in [0.2, 0.25) is 0 Å². The second-order valence-electron chi connectivity index (χ2n) is 4.40. The number of nitrogens with zero attached hydrogens (tertiary/aromatic N) is 1. The molecule has 0 saturated carbocycles. The normalized spacial score (nSPS) is 18.0. The smallest absolute Gasteiger partial charge is 0.307 e. The Kier molecular flexibility index (Phi) is 4.85. The van der Waals surface area contributed by atoms with Crippen molar-refractivity contribution in [3.8, 4) is 0 Å². The summed E-state index contributed by atoms with van der Waals surface area (Å²) in [5, 5.41) is 4.14. The number of hydrogen-bond acceptors (Lipinski definition) is 5. The van der Waals surface area contributed by atoms with Crippen LogP contribution in [0.5, 0.6) is 0 Å². The third kappa shape index (κ3) is 4.28. The topological polar surface area (TPSA) is 50.7 Å². The molecule has 0 spiro atoms. The van der Waals surface area contributed by atoms with Crippen LogP contribution in [0.4, 0.5) is 5.69 Å². The molecule has 1 heterocycles. The molecule has 1 unspecified atom stereocenters. The fourth-order valence-corrected chi connectivity index (χ4v) is 2.72. The summed E-state index contributed by atoms with van der Waals surface area (Å²) >= 11 is 1.64. The van der Waals surface area contributed by atoms with Gasteiger partial charge in [-0.05, 0) is 26.0 Å². The number of aliphatic imine (C=N–C) groups is 1. The van der Waals surface area contributed by atoms with Crippen molar-refractivity contribution >= 4 is 28.6 Å². The second kappa shape index (κ2) is 6.61. The predicted molar refractivity (Wildman–Crippen MR) is 79.7 cm³/mol. The summed E-state index contributed by atoms with van der Waals surface area (Å²) in [7, 11) is 0. The molecule has 1 aromatic rings. The highest BCUT2D eigenvalue weighted by Gasteiger charge is 2.21. The van der Waals surface area contributed by atoms with Gasteiger partial charge >= 0.3 is 5.97 Å². The summed E-state index contributed by atoms with van der Waals surface area (Å²) in [6.45, 7) is 4.30. The van der Waals surface area contributed by atoms with E-state index in [0.717, 1.165) is 16.6 Å². The third-order valence-electron chi connectivity index (χ3n) is 2.72. The monoisotopic (exact) mass is 278 g/mol. The highest BCUT2D eigenvalue weighted by Crippen LogP contribution is 2.22. The Morgan fingerprint density at radius 2 is 2.21 bits per heavy atom. The van der Waals surface area contributed by atoms with Gasteiger partial charge in [-0.3, -0.25) is 9.79 Å². The van der Waals surface area contributed by atoms with Crippen molar-refractivity contribution in [1.29, 1.82) is 0 Å². The minimum Gasteiger partial charge on any atom is -0.466 e. The first-order chi connectivity index (χ1) is 9.17. The molecule has 0 aromatic heterocycles. The third-order valence-corrected chi connectivity index (χ3v) is 3.76. The van der Waals surface area contributed by atoms with E-state index in [4.69, 9.17) is 4.74 Å². The Hall–Kier alpha value is -1.49. The van der Waals surface area contributed by atoms with Gasteiger partial charge in [0.2, 0.25) is 0 Å². The molecule has 2 rings (SSSR count). The lowest BCUT2D eigenvalue weighted by atomic mass is 10.2. The number of nitrogens with one attached hydrogen (secondary N) is 1. The van der Waals surface area contributed by atoms with Gasteiger partial charge in [0.25, 0.3) is 0 Å². The van der Waals surface area contributed by atoms with Crippen molar-refractivity contribution in [3.05, 3.63) is 29.8 Å². The number of amidine groups is 1. The molecule has 19 heavy (non-hydrogen) atoms. The first kappa shape index (κ1) is 13.9. The lowest BCUT2D eigenvalue weighted by molar-refractivity contribution is -0.143. The fraction of sp³-hybridized carbons (Fsp3) is 0.429. The van der Waals surface area contributed by atoms with Crippen molar-refractivity contribution < 1.29 is 9.53 Å². The molecule has 0 aliphatic carbocycles. The van der Waals surface area contributed by atoms with Crippen LogP contribution in [0.1, 0.15) is 18.9 Å². The van der Waals surface area contributed by atoms with E-state index in [1.165, 1.54) is 5.56 Å². The lowest BCUT2D eigenvalue weighted by Crippen LogP contribution is -2.14. The lowest BCUT2D eigenvalue weighted by Gasteiger charge is -2.05. The van der Waals surface area contributed by atoms with E-state index in [9.17, 15) is 4.79 Å². The van der Waals surface area contributed by atoms with E-state index in [1.807, 2.05) is 19.1 Å². The van der Waals surface area contributed by atoms with E-state index in [-0.39, 0.29) is 12.0 Å². The summed E-state index contributed by atoms with van der Waals surface area (Å²) in [5.41, 5.74) is 2.25. The second-order valence-corrected chi connectivity index (χ2v) is 5.41. The van der Waals surface area contributed by atoms with Gasteiger partial charge in [-0.25, -0.2) is 0 Å². The molecular weight excluding hydrogens is 260 g/mol. The maximum absolute atomic E-state index is 11.4. The zero-order valence-corrected chi connectivity index (χ0v) is 12.0. The standard InChI is InChI=1S/C14H18N2O2S/c1-3-18-13(17)8-12-9-19-14(16-12)15-11-6-4-10(2)5-7-11/h4-7,12H,3,8-9H2,1-2H3,(H,15,16). The van der Waals surface area contributed by atoms with Crippen molar-refractivity contribution in [2.45, 2.75) is 26.3 Å². The van der Waals surface area contributed by atoms with Crippen LogP contribution in [-0.4, -0.2) is 29.5 Å². The Morgan fingerprint density at radius 1 is 1.47 bits per heavy atom. The summed E-state index contributed by atoms with van der Waals surface area (Å²) in [6.07, 6.45) is 0.361. The molecular formula is C14H18N2O2S. The Balaban J connectivity index is 1.88. The zero-order chi connectivity index (χ0) is 13.7. The first-order valence-corrected chi connectivity index (χ1v) is 7.36. The molecule has 4 nitrogen and oxygen atoms in total. The molecule has 5 heteroatoms. The number of thioether (sulfide) groups is 1. The Morgan fingerprint density at radius 3 is 2.89 bits per heavy atom. The van der Waals surface area contributed by atoms with Crippen molar-refractivity contribution in [2.75, 3.05) is 17.7 Å². The van der Waals surface area contributed by atoms with E-state index in [2.05, 4.69) is 29.4 Å². The number of aryl methyl sites for hydroxylation is 1. The van der Waals surface area contributed by atoms with Gasteiger partial charge in [0.1, 0.15) is 0 Å². The number of carbonyl (C=O) groups excluding carboxylic acids is 1. The quantitative estimate of drug-likeness (QED) is 0.860. The van der Waals surface area contributed by atoms with Gasteiger partial charge in [0.15, 0.2) is 5.17 Å². The fourth-order valence-electron chi connectivity index (χ4n) is 1.76. The maximum atomic E-state index is 11.4. The molecule has 1 aliphatic rings. The van der Waals surface area contributed by atoms with Gasteiger partial charge in [0.05, 0.1) is 19.1 Å². The molecule has 1 N–H and O–H groups in total. The van der Waals surface area contributed by atoms with Gasteiger partial charge in [0, 0.05) is 11.4 Å². The Bertz CT molecular complexity index is 471. The van der Waals surface area contributed by atoms with Gasteiger partial charge in [-0.1, -0.05) is 29.5 Å². The number of ether oxygens (including phenoxy) is 1. The number of carbonyl (C=O) groups is 1. The summed E-state index contributed by atoms with van der Waals surface area (Å²) in [6, 6.07) is 8.18. The van der Waals surface area contributed by atoms with Crippen LogP contribution in [0.3, 0.4) is 0 Å². The van der Waals surface area contributed by atoms with Crippen molar-refractivity contribution in [3.63, 3.8) is 0 Å². The van der Waals surface area contributed by atoms with Crippen LogP contribution >= 0.6 is 11.8 Å². The molecule has 0 radical (unpaired) electrons. The SMILES string of the molecule is CCOC(=O)CC1CSC(Nc2ccc(C)cc2)=N1. The van der Waals surface area contributed by atoms with Crippen LogP contribution in [-0.2, 0) is 9.53 Å². The van der Waals surface area contributed by atoms with Gasteiger partial charge < -0.3 is 10.1 Å². The number of anilines is 1. The van der Waals surface area contributed by atoms with E-state index >= 15 is 0 Å². The average Bonchev–Trinajstić information content (AvgIpc) is 2.80. The minimum absolute atomic E-state index is 0.0250. The highest BCUT2D eigenvalue weighted by molar-refractivity contribution is 8.14. The molecule has 1 aliphatic heterocycles. The average molecular weight is 278 g/mol. The van der Waals surface area contributed by atoms with Crippen LogP contribution < -0.4 is 5.32 Å². The molecule has 0 bridgehead atoms. The minimum atomic E-state index is -0.173. The number of esters is 1. The molecule has 0 amide bonds. The van der Waals surface area contributed by atoms with E-state index < -0.39 is 0 Å². The van der Waals surface area contributed by atoms with E-state index in [0.29, 0.717) is 13.0 Å². The van der Waals surface area contributed by atoms with E-state index in [1.54, 1.807) is 11.8 Å². The van der Waals surface area contributed by atoms with Crippen molar-refractivity contribution in [2.24, 2.45) is 4.99 Å². The largest absolute Gasteiger partial charge is 0.466 e. The van der Waals surface area contributed by atoms with Crippen LogP contribution in [0.25, 0.3) is 0 Å². The molecule has 1 aromatic carbocycles. The zero-order valence-electron chi connectivity index (χ0n) is 11.2.